The van der Waals surface area contributed by atoms with Gasteiger partial charge in [-0.05, 0) is 11.4 Å². The van der Waals surface area contributed by atoms with Crippen molar-refractivity contribution in [3.05, 3.63) is 28.6 Å². The second-order valence-electron chi connectivity index (χ2n) is 4.37. The first-order valence-corrected chi connectivity index (χ1v) is 8.16. The quantitative estimate of drug-likeness (QED) is 0.752. The number of hydrogen-bond donors (Lipinski definition) is 1. The van der Waals surface area contributed by atoms with Crippen LogP contribution in [0, 0.1) is 0 Å². The van der Waals surface area contributed by atoms with Crippen LogP contribution >= 0.6 is 22.7 Å². The largest absolute Gasteiger partial charge is 0.375 e. The number of carbonyl (C=O) groups is 1. The lowest BCUT2D eigenvalue weighted by Crippen LogP contribution is -2.29. The first-order chi connectivity index (χ1) is 10.3. The zero-order valence-corrected chi connectivity index (χ0v) is 13.0. The van der Waals surface area contributed by atoms with Crippen LogP contribution < -0.4 is 5.32 Å². The third-order valence-corrected chi connectivity index (χ3v) is 4.60. The molecule has 0 unspecified atom stereocenters. The normalized spacial score (nSPS) is 11.1. The number of methoxy groups -OCH3 is 1. The van der Waals surface area contributed by atoms with Gasteiger partial charge in [0.15, 0.2) is 5.82 Å². The fraction of sp³-hybridized carbons (Fsp3) is 0.308. The molecule has 6 nitrogen and oxygen atoms in total. The summed E-state index contributed by atoms with van der Waals surface area (Å²) in [4.78, 5) is 17.8. The van der Waals surface area contributed by atoms with E-state index in [-0.39, 0.29) is 12.5 Å². The molecular weight excluding hydrogens is 308 g/mol. The first-order valence-electron chi connectivity index (χ1n) is 6.40. The van der Waals surface area contributed by atoms with Gasteiger partial charge >= 0.3 is 0 Å². The Hall–Kier alpha value is -1.77. The van der Waals surface area contributed by atoms with Crippen molar-refractivity contribution in [2.75, 3.05) is 20.3 Å². The Morgan fingerprint density at radius 1 is 1.48 bits per heavy atom. The summed E-state index contributed by atoms with van der Waals surface area (Å²) in [6, 6.07) is 4.00. The van der Waals surface area contributed by atoms with Crippen LogP contribution in [0.4, 0.5) is 0 Å². The van der Waals surface area contributed by atoms with Crippen LogP contribution in [0.25, 0.3) is 15.7 Å². The van der Waals surface area contributed by atoms with Crippen LogP contribution in [0.2, 0.25) is 0 Å². The number of hydrogen-bond acceptors (Lipinski definition) is 6. The monoisotopic (exact) mass is 322 g/mol. The molecular formula is C13H14N4O2S2. The van der Waals surface area contributed by atoms with Gasteiger partial charge in [-0.1, -0.05) is 6.07 Å². The van der Waals surface area contributed by atoms with E-state index in [1.807, 2.05) is 27.4 Å². The van der Waals surface area contributed by atoms with Crippen molar-refractivity contribution in [3.8, 4) is 10.7 Å². The number of ether oxygens (including phenoxy) is 1. The molecule has 0 aliphatic heterocycles. The molecule has 1 amide bonds. The fourth-order valence-electron chi connectivity index (χ4n) is 1.92. The summed E-state index contributed by atoms with van der Waals surface area (Å²) in [5, 5.41) is 11.4. The van der Waals surface area contributed by atoms with Gasteiger partial charge in [0.25, 0.3) is 0 Å². The predicted octanol–water partition coefficient (Wildman–Crippen LogP) is 1.82. The SMILES string of the molecule is COCC(=O)NCCc1csc2nc(-c3cccs3)nn12. The molecule has 1 N–H and O–H groups in total. The van der Waals surface area contributed by atoms with E-state index < -0.39 is 0 Å². The first kappa shape index (κ1) is 14.2. The Labute approximate surface area is 129 Å². The maximum Gasteiger partial charge on any atom is 0.245 e. The summed E-state index contributed by atoms with van der Waals surface area (Å²) in [7, 11) is 1.50. The minimum Gasteiger partial charge on any atom is -0.375 e. The highest BCUT2D eigenvalue weighted by atomic mass is 32.1. The van der Waals surface area contributed by atoms with Gasteiger partial charge in [-0.3, -0.25) is 4.79 Å². The average Bonchev–Trinajstić information content (AvgIpc) is 3.15. The van der Waals surface area contributed by atoms with Crippen molar-refractivity contribution < 1.29 is 9.53 Å². The molecule has 3 rings (SSSR count). The zero-order valence-electron chi connectivity index (χ0n) is 11.4. The topological polar surface area (TPSA) is 68.5 Å². The van der Waals surface area contributed by atoms with Gasteiger partial charge in [-0.25, -0.2) is 4.52 Å². The molecule has 3 aromatic rings. The van der Waals surface area contributed by atoms with E-state index in [1.165, 1.54) is 7.11 Å². The van der Waals surface area contributed by atoms with Gasteiger partial charge in [0.2, 0.25) is 10.9 Å². The van der Waals surface area contributed by atoms with E-state index in [4.69, 9.17) is 4.74 Å². The molecule has 0 aromatic carbocycles. The minimum absolute atomic E-state index is 0.0882. The molecule has 3 aromatic heterocycles. The summed E-state index contributed by atoms with van der Waals surface area (Å²) in [5.74, 6) is 0.642. The van der Waals surface area contributed by atoms with Crippen molar-refractivity contribution in [1.82, 2.24) is 19.9 Å². The molecule has 0 saturated heterocycles. The van der Waals surface area contributed by atoms with Crippen molar-refractivity contribution >= 4 is 33.5 Å². The number of nitrogens with zero attached hydrogens (tertiary/aromatic N) is 3. The Morgan fingerprint density at radius 3 is 3.14 bits per heavy atom. The van der Waals surface area contributed by atoms with Crippen LogP contribution in [0.1, 0.15) is 5.69 Å². The van der Waals surface area contributed by atoms with Gasteiger partial charge in [0.05, 0.1) is 10.6 Å². The lowest BCUT2D eigenvalue weighted by Gasteiger charge is -2.03. The number of amides is 1. The number of aromatic nitrogens is 3. The molecule has 0 bridgehead atoms. The smallest absolute Gasteiger partial charge is 0.245 e. The molecule has 3 heterocycles. The van der Waals surface area contributed by atoms with E-state index in [1.54, 1.807) is 22.7 Å². The Bertz CT molecular complexity index is 733. The van der Waals surface area contributed by atoms with E-state index in [0.717, 1.165) is 21.4 Å². The van der Waals surface area contributed by atoms with Crippen LogP contribution in [0.5, 0.6) is 0 Å². The summed E-state index contributed by atoms with van der Waals surface area (Å²) in [6.07, 6.45) is 0.711. The molecule has 0 aliphatic carbocycles. The van der Waals surface area contributed by atoms with Crippen LogP contribution in [-0.4, -0.2) is 40.8 Å². The molecule has 21 heavy (non-hydrogen) atoms. The van der Waals surface area contributed by atoms with Crippen LogP contribution in [0.3, 0.4) is 0 Å². The average molecular weight is 322 g/mol. The third kappa shape index (κ3) is 3.12. The molecule has 110 valence electrons. The van der Waals surface area contributed by atoms with E-state index >= 15 is 0 Å². The van der Waals surface area contributed by atoms with Gasteiger partial charge in [0, 0.05) is 25.5 Å². The highest BCUT2D eigenvalue weighted by molar-refractivity contribution is 7.15. The van der Waals surface area contributed by atoms with Crippen molar-refractivity contribution in [3.63, 3.8) is 0 Å². The lowest BCUT2D eigenvalue weighted by atomic mass is 10.3. The van der Waals surface area contributed by atoms with E-state index in [2.05, 4.69) is 15.4 Å². The maximum absolute atomic E-state index is 11.3. The Balaban J connectivity index is 1.70. The molecule has 0 atom stereocenters. The Morgan fingerprint density at radius 2 is 2.38 bits per heavy atom. The number of carbonyl (C=O) groups excluding carboxylic acids is 1. The highest BCUT2D eigenvalue weighted by Gasteiger charge is 2.12. The number of nitrogens with one attached hydrogen (secondary N) is 1. The number of fused-ring (bicyclic) bond motifs is 1. The second kappa shape index (κ2) is 6.33. The zero-order chi connectivity index (χ0) is 14.7. The second-order valence-corrected chi connectivity index (χ2v) is 6.15. The van der Waals surface area contributed by atoms with E-state index in [0.29, 0.717) is 13.0 Å². The molecule has 0 aliphatic rings. The van der Waals surface area contributed by atoms with Gasteiger partial charge in [-0.2, -0.15) is 4.98 Å². The molecule has 0 radical (unpaired) electrons. The molecule has 0 spiro atoms. The van der Waals surface area contributed by atoms with Crippen LogP contribution in [-0.2, 0) is 16.0 Å². The number of thiazole rings is 1. The van der Waals surface area contributed by atoms with E-state index in [9.17, 15) is 4.79 Å². The summed E-state index contributed by atoms with van der Waals surface area (Å²) in [5.41, 5.74) is 1.04. The van der Waals surface area contributed by atoms with Crippen molar-refractivity contribution in [2.45, 2.75) is 6.42 Å². The minimum atomic E-state index is -0.109. The van der Waals surface area contributed by atoms with Gasteiger partial charge < -0.3 is 10.1 Å². The molecule has 0 fully saturated rings. The molecule has 8 heteroatoms. The highest BCUT2D eigenvalue weighted by Crippen LogP contribution is 2.24. The predicted molar refractivity (Wildman–Crippen MR) is 82.8 cm³/mol. The maximum atomic E-state index is 11.3. The summed E-state index contributed by atoms with van der Waals surface area (Å²) >= 11 is 3.18. The van der Waals surface area contributed by atoms with Crippen molar-refractivity contribution in [1.29, 1.82) is 0 Å². The third-order valence-electron chi connectivity index (χ3n) is 2.87. The molecule has 0 saturated carbocycles. The van der Waals surface area contributed by atoms with Crippen molar-refractivity contribution in [2.24, 2.45) is 0 Å². The van der Waals surface area contributed by atoms with Gasteiger partial charge in [0.1, 0.15) is 6.61 Å². The lowest BCUT2D eigenvalue weighted by molar-refractivity contribution is -0.124. The Kier molecular flexibility index (Phi) is 4.28. The summed E-state index contributed by atoms with van der Waals surface area (Å²) in [6.45, 7) is 0.646. The number of rotatable bonds is 6. The fourth-order valence-corrected chi connectivity index (χ4v) is 3.43. The van der Waals surface area contributed by atoms with Crippen LogP contribution in [0.15, 0.2) is 22.9 Å². The van der Waals surface area contributed by atoms with Gasteiger partial charge in [-0.15, -0.1) is 27.8 Å². The summed E-state index contributed by atoms with van der Waals surface area (Å²) < 4.78 is 6.62. The standard InChI is InChI=1S/C13H14N4O2S2/c1-19-7-11(18)14-5-4-9-8-21-13-15-12(16-17(9)13)10-3-2-6-20-10/h2-3,6,8H,4-5,7H2,1H3,(H,14,18). The number of thiophene rings is 1.